The Labute approximate surface area is 354 Å². The summed E-state index contributed by atoms with van der Waals surface area (Å²) in [6.07, 6.45) is 48.4. The van der Waals surface area contributed by atoms with Gasteiger partial charge in [-0.05, 0) is 64.2 Å². The number of allylic oxidation sites excluding steroid dienone is 4. The smallest absolute Gasteiger partial charge is 0.130 e. The lowest BCUT2D eigenvalue weighted by atomic mass is 10.1. The maximum atomic E-state index is 8.86. The molecule has 6 nitrogen and oxygen atoms in total. The molecule has 0 aromatic carbocycles. The van der Waals surface area contributed by atoms with E-state index in [2.05, 4.69) is 52.2 Å². The van der Waals surface area contributed by atoms with Gasteiger partial charge in [0, 0.05) is 13.2 Å². The standard InChI is InChI=1S/C48H96NO5.BrH/c1-5-7-9-11-13-15-17-19-21-23-24-26-28-30-32-34-36-40-53-47-48(46-49(3,4)38-42-51-44-45-52-43-39-50)54-41-37-35-33-31-29-27-25-22-20-18-16-14-12-10-8-6-2;/h20-23,48,50H,5-19,24-47H2,1-4H3;1H/q+1;/p-1/b22-20+,23-21+;. The molecule has 0 saturated heterocycles. The second kappa shape index (κ2) is 48.1. The molecule has 0 saturated carbocycles. The Kier molecular flexibility index (Phi) is 49.7. The van der Waals surface area contributed by atoms with E-state index in [4.69, 9.17) is 24.1 Å². The van der Waals surface area contributed by atoms with Gasteiger partial charge in [0.1, 0.15) is 19.2 Å². The maximum absolute atomic E-state index is 8.86. The minimum absolute atomic E-state index is 0. The molecule has 0 amide bonds. The SMILES string of the molecule is CCCCCCCC/C=C/CCCCCCCCOC(COCCCCCCCC/C=C/CCCCCCCCC)C[N+](C)(C)CCOCCOCCO.[Br-]. The lowest BCUT2D eigenvalue weighted by Crippen LogP contribution is -3.00. The normalized spacial score (nSPS) is 12.7. The van der Waals surface area contributed by atoms with Crippen molar-refractivity contribution in [3.8, 4) is 0 Å². The van der Waals surface area contributed by atoms with Crippen molar-refractivity contribution in [2.75, 3.05) is 80.0 Å². The highest BCUT2D eigenvalue weighted by atomic mass is 79.9. The fraction of sp³-hybridized carbons (Fsp3) is 0.917. The highest BCUT2D eigenvalue weighted by Crippen LogP contribution is 2.13. The van der Waals surface area contributed by atoms with Crippen molar-refractivity contribution in [1.82, 2.24) is 0 Å². The zero-order valence-electron chi connectivity index (χ0n) is 37.4. The van der Waals surface area contributed by atoms with Gasteiger partial charge in [0.25, 0.3) is 0 Å². The van der Waals surface area contributed by atoms with E-state index in [1.807, 2.05) is 0 Å². The zero-order chi connectivity index (χ0) is 39.3. The molecule has 1 unspecified atom stereocenters. The van der Waals surface area contributed by atoms with Crippen LogP contribution < -0.4 is 17.0 Å². The summed E-state index contributed by atoms with van der Waals surface area (Å²) in [5.74, 6) is 0. The highest BCUT2D eigenvalue weighted by Gasteiger charge is 2.23. The van der Waals surface area contributed by atoms with Crippen LogP contribution in [0.2, 0.25) is 0 Å². The number of likely N-dealkylation sites (N-methyl/N-ethyl adjacent to an activating group) is 1. The number of quaternary nitrogens is 1. The van der Waals surface area contributed by atoms with E-state index in [1.54, 1.807) is 0 Å². The van der Waals surface area contributed by atoms with Gasteiger partial charge in [0.2, 0.25) is 0 Å². The van der Waals surface area contributed by atoms with Crippen LogP contribution in [-0.2, 0) is 18.9 Å². The molecule has 1 N–H and O–H groups in total. The summed E-state index contributed by atoms with van der Waals surface area (Å²) < 4.78 is 24.6. The number of halogens is 1. The van der Waals surface area contributed by atoms with Gasteiger partial charge in [-0.3, -0.25) is 0 Å². The third kappa shape index (κ3) is 48.0. The number of rotatable bonds is 46. The zero-order valence-corrected chi connectivity index (χ0v) is 39.0. The second-order valence-electron chi connectivity index (χ2n) is 16.6. The van der Waals surface area contributed by atoms with E-state index in [9.17, 15) is 0 Å². The minimum Gasteiger partial charge on any atom is -1.00 e. The number of unbranched alkanes of at least 4 members (excludes halogenated alkanes) is 25. The van der Waals surface area contributed by atoms with Crippen molar-refractivity contribution in [2.45, 2.75) is 206 Å². The highest BCUT2D eigenvalue weighted by molar-refractivity contribution is 4.82. The minimum atomic E-state index is 0. The van der Waals surface area contributed by atoms with Crippen LogP contribution in [-0.4, -0.2) is 95.7 Å². The Hall–Kier alpha value is -0.280. The van der Waals surface area contributed by atoms with Crippen LogP contribution in [0.5, 0.6) is 0 Å². The third-order valence-corrected chi connectivity index (χ3v) is 10.5. The number of aliphatic hydroxyl groups excluding tert-OH is 1. The van der Waals surface area contributed by atoms with Gasteiger partial charge in [0.05, 0.1) is 53.7 Å². The first-order valence-electron chi connectivity index (χ1n) is 23.6. The van der Waals surface area contributed by atoms with Crippen LogP contribution in [0, 0.1) is 0 Å². The van der Waals surface area contributed by atoms with Gasteiger partial charge in [-0.15, -0.1) is 0 Å². The predicted molar refractivity (Wildman–Crippen MR) is 235 cm³/mol. The van der Waals surface area contributed by atoms with Crippen molar-refractivity contribution in [3.63, 3.8) is 0 Å². The van der Waals surface area contributed by atoms with Crippen LogP contribution in [0.4, 0.5) is 0 Å². The third-order valence-electron chi connectivity index (χ3n) is 10.5. The number of hydrogen-bond donors (Lipinski definition) is 1. The largest absolute Gasteiger partial charge is 1.00 e. The molecule has 0 fully saturated rings. The molecule has 0 aliphatic heterocycles. The molecule has 0 bridgehead atoms. The van der Waals surface area contributed by atoms with Crippen molar-refractivity contribution in [3.05, 3.63) is 24.3 Å². The van der Waals surface area contributed by atoms with E-state index in [-0.39, 0.29) is 29.7 Å². The topological polar surface area (TPSA) is 57.2 Å². The average Bonchev–Trinajstić information content (AvgIpc) is 3.16. The van der Waals surface area contributed by atoms with Crippen LogP contribution in [0.3, 0.4) is 0 Å². The van der Waals surface area contributed by atoms with Gasteiger partial charge < -0.3 is 45.5 Å². The van der Waals surface area contributed by atoms with Crippen molar-refractivity contribution >= 4 is 0 Å². The Morgan fingerprint density at radius 1 is 0.436 bits per heavy atom. The number of ether oxygens (including phenoxy) is 4. The fourth-order valence-corrected chi connectivity index (χ4v) is 6.94. The predicted octanol–water partition coefficient (Wildman–Crippen LogP) is 9.96. The van der Waals surface area contributed by atoms with Crippen LogP contribution in [0.1, 0.15) is 200 Å². The Morgan fingerprint density at radius 3 is 1.25 bits per heavy atom. The summed E-state index contributed by atoms with van der Waals surface area (Å²) in [7, 11) is 4.52. The number of hydrogen-bond acceptors (Lipinski definition) is 5. The van der Waals surface area contributed by atoms with Crippen molar-refractivity contribution in [2.24, 2.45) is 0 Å². The summed E-state index contributed by atoms with van der Waals surface area (Å²) in [6.45, 7) is 11.0. The molecule has 7 heteroatoms. The van der Waals surface area contributed by atoms with Crippen molar-refractivity contribution in [1.29, 1.82) is 0 Å². The van der Waals surface area contributed by atoms with Crippen LogP contribution in [0.25, 0.3) is 0 Å². The first kappa shape index (κ1) is 56.8. The molecule has 0 aromatic rings. The summed E-state index contributed by atoms with van der Waals surface area (Å²) in [5.41, 5.74) is 0. The monoisotopic (exact) mass is 846 g/mol. The number of aliphatic hydroxyl groups is 1. The summed E-state index contributed by atoms with van der Waals surface area (Å²) >= 11 is 0. The van der Waals surface area contributed by atoms with Crippen molar-refractivity contribution < 1.29 is 45.5 Å². The lowest BCUT2D eigenvalue weighted by Gasteiger charge is -2.33. The van der Waals surface area contributed by atoms with Gasteiger partial charge in [-0.25, -0.2) is 0 Å². The van der Waals surface area contributed by atoms with Gasteiger partial charge >= 0.3 is 0 Å². The van der Waals surface area contributed by atoms with Gasteiger partial charge in [-0.2, -0.15) is 0 Å². The van der Waals surface area contributed by atoms with Gasteiger partial charge in [-0.1, -0.05) is 160 Å². The fourth-order valence-electron chi connectivity index (χ4n) is 6.94. The molecule has 0 aliphatic carbocycles. The number of nitrogens with zero attached hydrogens (tertiary/aromatic N) is 1. The quantitative estimate of drug-likeness (QED) is 0.0376. The Balaban J connectivity index is 0. The Bertz CT molecular complexity index is 765. The molecule has 0 heterocycles. The molecule has 0 aliphatic rings. The Morgan fingerprint density at radius 2 is 0.818 bits per heavy atom. The van der Waals surface area contributed by atoms with E-state index in [0.29, 0.717) is 33.0 Å². The first-order chi connectivity index (χ1) is 26.6. The van der Waals surface area contributed by atoms with Crippen LogP contribution >= 0.6 is 0 Å². The second-order valence-corrected chi connectivity index (χ2v) is 16.6. The van der Waals surface area contributed by atoms with Crippen LogP contribution in [0.15, 0.2) is 24.3 Å². The molecule has 0 radical (unpaired) electrons. The van der Waals surface area contributed by atoms with Gasteiger partial charge in [0.15, 0.2) is 0 Å². The molecule has 1 atom stereocenters. The van der Waals surface area contributed by atoms with E-state index in [0.717, 1.165) is 43.6 Å². The molecule has 0 rings (SSSR count). The average molecular weight is 847 g/mol. The lowest BCUT2D eigenvalue weighted by molar-refractivity contribution is -0.894. The molecular weight excluding hydrogens is 750 g/mol. The summed E-state index contributed by atoms with van der Waals surface area (Å²) in [5, 5.41) is 8.86. The molecule has 0 spiro atoms. The van der Waals surface area contributed by atoms with E-state index in [1.165, 1.54) is 173 Å². The molecule has 55 heavy (non-hydrogen) atoms. The maximum Gasteiger partial charge on any atom is 0.130 e. The molecular formula is C48H96BrNO5. The first-order valence-corrected chi connectivity index (χ1v) is 23.6. The van der Waals surface area contributed by atoms with E-state index < -0.39 is 0 Å². The summed E-state index contributed by atoms with van der Waals surface area (Å²) in [6, 6.07) is 0. The van der Waals surface area contributed by atoms with E-state index >= 15 is 0 Å². The molecule has 330 valence electrons. The summed E-state index contributed by atoms with van der Waals surface area (Å²) in [4.78, 5) is 0. The molecule has 0 aromatic heterocycles.